The van der Waals surface area contributed by atoms with Gasteiger partial charge in [0.05, 0.1) is 13.1 Å². The average molecular weight is 323 g/mol. The van der Waals surface area contributed by atoms with Gasteiger partial charge in [-0.05, 0) is 42.8 Å². The van der Waals surface area contributed by atoms with Crippen LogP contribution in [0.1, 0.15) is 27.2 Å². The van der Waals surface area contributed by atoms with Gasteiger partial charge in [-0.3, -0.25) is 0 Å². The molecule has 1 unspecified atom stereocenters. The number of hydrogen-bond acceptors (Lipinski definition) is 5. The van der Waals surface area contributed by atoms with Gasteiger partial charge >= 0.3 is 11.9 Å². The molecule has 1 amide bonds. The van der Waals surface area contributed by atoms with E-state index in [0.29, 0.717) is 25.3 Å². The van der Waals surface area contributed by atoms with Gasteiger partial charge in [0, 0.05) is 18.9 Å². The third kappa shape index (κ3) is 3.26. The van der Waals surface area contributed by atoms with Crippen LogP contribution in [0.2, 0.25) is 0 Å². The Kier molecular flexibility index (Phi) is 4.56. The van der Waals surface area contributed by atoms with E-state index in [1.807, 2.05) is 20.8 Å². The number of nitrogens with zero attached hydrogens (tertiary/aromatic N) is 3. The number of aromatic nitrogens is 1. The van der Waals surface area contributed by atoms with Crippen molar-refractivity contribution in [2.75, 3.05) is 25.0 Å². The number of carbonyl (C=O) groups is 1. The highest BCUT2D eigenvalue weighted by molar-refractivity contribution is 5.58. The lowest BCUT2D eigenvalue weighted by Crippen LogP contribution is -2.61. The summed E-state index contributed by atoms with van der Waals surface area (Å²) in [6, 6.07) is 3.25. The number of nitro groups is 1. The van der Waals surface area contributed by atoms with Crippen molar-refractivity contribution in [3.8, 4) is 0 Å². The first-order valence-electron chi connectivity index (χ1n) is 7.61. The van der Waals surface area contributed by atoms with E-state index in [4.69, 9.17) is 0 Å². The largest absolute Gasteiger partial charge is 0.513 e. The smallest absolute Gasteiger partial charge is 0.435 e. The molecule has 0 saturated carbocycles. The van der Waals surface area contributed by atoms with E-state index < -0.39 is 11.0 Å². The molecule has 2 atom stereocenters. The summed E-state index contributed by atoms with van der Waals surface area (Å²) >= 11 is 0. The SMILES string of the molecule is CC(C)(C)[N+]1(C(=O)O)CC[C@@H](CNc2cccnc2[N+](=O)[O-])C1. The Bertz CT molecular complexity index is 614. The van der Waals surface area contributed by atoms with Gasteiger partial charge in [-0.25, -0.2) is 4.48 Å². The van der Waals surface area contributed by atoms with Crippen molar-refractivity contribution in [3.05, 3.63) is 28.4 Å². The molecule has 1 aromatic rings. The Balaban J connectivity index is 2.07. The molecular formula is C15H23N4O4+. The van der Waals surface area contributed by atoms with Crippen LogP contribution in [-0.4, -0.2) is 50.8 Å². The Morgan fingerprint density at radius 2 is 2.26 bits per heavy atom. The van der Waals surface area contributed by atoms with E-state index in [9.17, 15) is 20.0 Å². The molecule has 0 aromatic carbocycles. The lowest BCUT2D eigenvalue weighted by atomic mass is 10.0. The predicted octanol–water partition coefficient (Wildman–Crippen LogP) is 2.71. The first-order valence-corrected chi connectivity index (χ1v) is 7.61. The van der Waals surface area contributed by atoms with Crippen LogP contribution >= 0.6 is 0 Å². The zero-order valence-corrected chi connectivity index (χ0v) is 13.7. The fraction of sp³-hybridized carbons (Fsp3) is 0.600. The molecule has 8 nitrogen and oxygen atoms in total. The van der Waals surface area contributed by atoms with Gasteiger partial charge in [-0.15, -0.1) is 0 Å². The van der Waals surface area contributed by atoms with Crippen molar-refractivity contribution in [2.24, 2.45) is 5.92 Å². The van der Waals surface area contributed by atoms with Gasteiger partial charge < -0.3 is 20.5 Å². The quantitative estimate of drug-likeness (QED) is 0.501. The first-order chi connectivity index (χ1) is 10.7. The maximum atomic E-state index is 11.8. The number of hydrogen-bond donors (Lipinski definition) is 2. The van der Waals surface area contributed by atoms with Crippen molar-refractivity contribution in [1.29, 1.82) is 0 Å². The maximum absolute atomic E-state index is 11.8. The molecule has 1 aliphatic heterocycles. The molecule has 2 heterocycles. The van der Waals surface area contributed by atoms with E-state index in [1.54, 1.807) is 12.1 Å². The van der Waals surface area contributed by atoms with Crippen molar-refractivity contribution >= 4 is 17.6 Å². The second-order valence-electron chi connectivity index (χ2n) is 6.99. The number of likely N-dealkylation sites (tertiary alicyclic amines) is 1. The lowest BCUT2D eigenvalue weighted by molar-refractivity contribution is -0.893. The summed E-state index contributed by atoms with van der Waals surface area (Å²) in [4.78, 5) is 26.0. The summed E-state index contributed by atoms with van der Waals surface area (Å²) in [6.07, 6.45) is 1.34. The summed E-state index contributed by atoms with van der Waals surface area (Å²) in [7, 11) is 0. The van der Waals surface area contributed by atoms with Gasteiger partial charge in [0.2, 0.25) is 0 Å². The fourth-order valence-electron chi connectivity index (χ4n) is 3.20. The van der Waals surface area contributed by atoms with Crippen molar-refractivity contribution in [2.45, 2.75) is 32.7 Å². The van der Waals surface area contributed by atoms with Crippen LogP contribution in [0.25, 0.3) is 0 Å². The lowest BCUT2D eigenvalue weighted by Gasteiger charge is -2.40. The van der Waals surface area contributed by atoms with Gasteiger partial charge in [0.15, 0.2) is 0 Å². The van der Waals surface area contributed by atoms with Crippen molar-refractivity contribution in [1.82, 2.24) is 4.98 Å². The third-order valence-electron chi connectivity index (χ3n) is 4.68. The molecule has 0 aliphatic carbocycles. The van der Waals surface area contributed by atoms with Gasteiger partial charge in [-0.1, -0.05) is 0 Å². The van der Waals surface area contributed by atoms with Gasteiger partial charge in [0.1, 0.15) is 17.4 Å². The molecule has 0 bridgehead atoms. The van der Waals surface area contributed by atoms with Crippen LogP contribution in [0.3, 0.4) is 0 Å². The molecule has 1 aromatic heterocycles. The standard InChI is InChI=1S/C15H22N4O4/c1-15(2,3)19(14(20)21)8-6-11(10-19)9-17-12-5-4-7-16-13(12)18(22)23/h4-5,7,11,17H,6,8-10H2,1-3H3/p+1/t11-,19?/m0/s1. The molecule has 2 rings (SSSR count). The number of pyridine rings is 1. The topological polar surface area (TPSA) is 105 Å². The van der Waals surface area contributed by atoms with Gasteiger partial charge in [0.25, 0.3) is 0 Å². The number of anilines is 1. The summed E-state index contributed by atoms with van der Waals surface area (Å²) < 4.78 is 0.0223. The summed E-state index contributed by atoms with van der Waals surface area (Å²) in [5, 5.41) is 23.7. The molecule has 2 N–H and O–H groups in total. The minimum absolute atomic E-state index is 0.0223. The molecular weight excluding hydrogens is 300 g/mol. The molecule has 126 valence electrons. The van der Waals surface area contributed by atoms with Crippen molar-refractivity contribution in [3.63, 3.8) is 0 Å². The Morgan fingerprint density at radius 3 is 2.78 bits per heavy atom. The molecule has 0 radical (unpaired) electrons. The zero-order valence-electron chi connectivity index (χ0n) is 13.7. The van der Waals surface area contributed by atoms with E-state index in [0.717, 1.165) is 6.42 Å². The summed E-state index contributed by atoms with van der Waals surface area (Å²) in [5.74, 6) is -0.0644. The molecule has 8 heteroatoms. The summed E-state index contributed by atoms with van der Waals surface area (Å²) in [6.45, 7) is 7.38. The molecule has 1 saturated heterocycles. The van der Waals surface area contributed by atoms with Crippen LogP contribution in [0.4, 0.5) is 16.3 Å². The normalized spacial score (nSPS) is 24.4. The first kappa shape index (κ1) is 17.1. The monoisotopic (exact) mass is 323 g/mol. The maximum Gasteiger partial charge on any atom is 0.513 e. The van der Waals surface area contributed by atoms with Crippen LogP contribution in [-0.2, 0) is 0 Å². The highest BCUT2D eigenvalue weighted by atomic mass is 16.6. The number of amides is 1. The minimum atomic E-state index is -0.813. The molecule has 1 aliphatic rings. The van der Waals surface area contributed by atoms with Crippen molar-refractivity contribution < 1.29 is 19.3 Å². The Morgan fingerprint density at radius 1 is 1.57 bits per heavy atom. The number of rotatable bonds is 4. The molecule has 1 fully saturated rings. The Hall–Kier alpha value is -2.22. The van der Waals surface area contributed by atoms with E-state index in [2.05, 4.69) is 10.3 Å². The second-order valence-corrected chi connectivity index (χ2v) is 6.99. The van der Waals surface area contributed by atoms with E-state index in [-0.39, 0.29) is 21.8 Å². The third-order valence-corrected chi connectivity index (χ3v) is 4.68. The average Bonchev–Trinajstić information content (AvgIpc) is 2.90. The van der Waals surface area contributed by atoms with Gasteiger partial charge in [-0.2, -0.15) is 4.79 Å². The fourth-order valence-corrected chi connectivity index (χ4v) is 3.20. The molecule has 23 heavy (non-hydrogen) atoms. The summed E-state index contributed by atoms with van der Waals surface area (Å²) in [5.41, 5.74) is -0.0190. The van der Waals surface area contributed by atoms with E-state index in [1.165, 1.54) is 6.20 Å². The highest BCUT2D eigenvalue weighted by Crippen LogP contribution is 2.35. The van der Waals surface area contributed by atoms with Crippen LogP contribution in [0.15, 0.2) is 18.3 Å². The van der Waals surface area contributed by atoms with Crippen LogP contribution < -0.4 is 5.32 Å². The predicted molar refractivity (Wildman–Crippen MR) is 85.3 cm³/mol. The van der Waals surface area contributed by atoms with E-state index >= 15 is 0 Å². The second kappa shape index (κ2) is 6.11. The Labute approximate surface area is 134 Å². The number of quaternary nitrogens is 1. The number of carboxylic acid groups (broad SMARTS) is 1. The van der Waals surface area contributed by atoms with Crippen LogP contribution in [0.5, 0.6) is 0 Å². The highest BCUT2D eigenvalue weighted by Gasteiger charge is 2.52. The zero-order chi connectivity index (χ0) is 17.3. The molecule has 0 spiro atoms. The minimum Gasteiger partial charge on any atom is -0.435 e. The van der Waals surface area contributed by atoms with Crippen LogP contribution in [0, 0.1) is 16.0 Å². The number of nitrogens with one attached hydrogen (secondary N) is 1.